The van der Waals surface area contributed by atoms with Gasteiger partial charge in [-0.25, -0.2) is 0 Å². The Kier molecular flexibility index (Phi) is 3.11. The molecule has 0 bridgehead atoms. The van der Waals surface area contributed by atoms with Crippen molar-refractivity contribution in [3.05, 3.63) is 53.6 Å². The predicted molar refractivity (Wildman–Crippen MR) is 77.5 cm³/mol. The molecule has 19 heavy (non-hydrogen) atoms. The van der Waals surface area contributed by atoms with Crippen molar-refractivity contribution in [2.45, 2.75) is 0 Å². The molecule has 2 aromatic rings. The molecule has 1 N–H and O–H groups in total. The van der Waals surface area contributed by atoms with Crippen molar-refractivity contribution >= 4 is 17.8 Å². The zero-order valence-corrected chi connectivity index (χ0v) is 10.7. The highest BCUT2D eigenvalue weighted by molar-refractivity contribution is 5.71. The molecule has 0 radical (unpaired) electrons. The van der Waals surface area contributed by atoms with Gasteiger partial charge in [0.15, 0.2) is 11.5 Å². The molecule has 3 nitrogen and oxygen atoms in total. The highest BCUT2D eigenvalue weighted by Gasteiger charge is 2.11. The highest BCUT2D eigenvalue weighted by atomic mass is 16.7. The molecule has 3 rings (SSSR count). The van der Waals surface area contributed by atoms with Gasteiger partial charge in [0, 0.05) is 12.7 Å². The fraction of sp³-hybridized carbons (Fsp3) is 0.125. The first kappa shape index (κ1) is 11.7. The van der Waals surface area contributed by atoms with Crippen molar-refractivity contribution < 1.29 is 9.47 Å². The molecule has 0 fully saturated rings. The van der Waals surface area contributed by atoms with Crippen LogP contribution in [0.1, 0.15) is 11.1 Å². The standard InChI is InChI=1S/C16H15NO2/c1-17-14-7-4-12(5-8-14)2-3-13-6-9-15-16(10-13)19-11-18-15/h2-10,17H,11H2,1H3/b3-2+. The molecule has 2 aromatic carbocycles. The number of benzene rings is 2. The van der Waals surface area contributed by atoms with Crippen molar-refractivity contribution in [2.75, 3.05) is 19.2 Å². The summed E-state index contributed by atoms with van der Waals surface area (Å²) in [7, 11) is 1.91. The quantitative estimate of drug-likeness (QED) is 0.847. The van der Waals surface area contributed by atoms with Crippen molar-refractivity contribution in [2.24, 2.45) is 0 Å². The molecule has 0 aliphatic carbocycles. The van der Waals surface area contributed by atoms with E-state index in [4.69, 9.17) is 9.47 Å². The number of hydrogen-bond donors (Lipinski definition) is 1. The zero-order valence-electron chi connectivity index (χ0n) is 10.7. The van der Waals surface area contributed by atoms with E-state index in [1.807, 2.05) is 25.2 Å². The van der Waals surface area contributed by atoms with Gasteiger partial charge >= 0.3 is 0 Å². The Hall–Kier alpha value is -2.42. The lowest BCUT2D eigenvalue weighted by Crippen LogP contribution is -1.92. The van der Waals surface area contributed by atoms with Crippen LogP contribution in [0.5, 0.6) is 11.5 Å². The van der Waals surface area contributed by atoms with Crippen LogP contribution < -0.4 is 14.8 Å². The Labute approximate surface area is 112 Å². The Balaban J connectivity index is 1.78. The minimum absolute atomic E-state index is 0.313. The Morgan fingerprint density at radius 2 is 1.58 bits per heavy atom. The van der Waals surface area contributed by atoms with Crippen LogP contribution >= 0.6 is 0 Å². The summed E-state index contributed by atoms with van der Waals surface area (Å²) in [5.74, 6) is 1.63. The number of nitrogens with one attached hydrogen (secondary N) is 1. The maximum absolute atomic E-state index is 5.36. The molecule has 0 saturated heterocycles. The van der Waals surface area contributed by atoms with Crippen LogP contribution in [0, 0.1) is 0 Å². The first-order valence-electron chi connectivity index (χ1n) is 6.21. The highest BCUT2D eigenvalue weighted by Crippen LogP contribution is 2.32. The first-order chi connectivity index (χ1) is 9.35. The van der Waals surface area contributed by atoms with Gasteiger partial charge in [-0.05, 0) is 35.4 Å². The number of anilines is 1. The minimum Gasteiger partial charge on any atom is -0.454 e. The van der Waals surface area contributed by atoms with Gasteiger partial charge in [0.2, 0.25) is 6.79 Å². The third-order valence-corrected chi connectivity index (χ3v) is 3.06. The summed E-state index contributed by atoms with van der Waals surface area (Å²) >= 11 is 0. The molecule has 0 amide bonds. The van der Waals surface area contributed by atoms with E-state index in [-0.39, 0.29) is 0 Å². The fourth-order valence-corrected chi connectivity index (χ4v) is 1.97. The third kappa shape index (κ3) is 2.55. The molecular weight excluding hydrogens is 238 g/mol. The molecule has 0 aromatic heterocycles. The van der Waals surface area contributed by atoms with E-state index in [2.05, 4.69) is 41.7 Å². The largest absolute Gasteiger partial charge is 0.454 e. The Bertz CT molecular complexity index is 603. The smallest absolute Gasteiger partial charge is 0.231 e. The van der Waals surface area contributed by atoms with Crippen LogP contribution in [0.3, 0.4) is 0 Å². The van der Waals surface area contributed by atoms with Crippen molar-refractivity contribution in [1.29, 1.82) is 0 Å². The van der Waals surface area contributed by atoms with E-state index in [1.165, 1.54) is 0 Å². The predicted octanol–water partition coefficient (Wildman–Crippen LogP) is 3.63. The molecule has 0 saturated carbocycles. The first-order valence-corrected chi connectivity index (χ1v) is 6.21. The van der Waals surface area contributed by atoms with Gasteiger partial charge < -0.3 is 14.8 Å². The lowest BCUT2D eigenvalue weighted by molar-refractivity contribution is 0.174. The Morgan fingerprint density at radius 3 is 2.37 bits per heavy atom. The second-order valence-electron chi connectivity index (χ2n) is 4.32. The van der Waals surface area contributed by atoms with Crippen molar-refractivity contribution in [1.82, 2.24) is 0 Å². The van der Waals surface area contributed by atoms with Gasteiger partial charge in [0.25, 0.3) is 0 Å². The minimum atomic E-state index is 0.313. The molecule has 0 spiro atoms. The van der Waals surface area contributed by atoms with Crippen LogP contribution in [0.2, 0.25) is 0 Å². The number of rotatable bonds is 3. The summed E-state index contributed by atoms with van der Waals surface area (Å²) in [5, 5.41) is 3.10. The maximum atomic E-state index is 5.36. The molecule has 0 atom stereocenters. The average Bonchev–Trinajstić information content (AvgIpc) is 2.93. The Morgan fingerprint density at radius 1 is 0.895 bits per heavy atom. The second-order valence-corrected chi connectivity index (χ2v) is 4.32. The number of fused-ring (bicyclic) bond motifs is 1. The summed E-state index contributed by atoms with van der Waals surface area (Å²) in [6.45, 7) is 0.313. The number of hydrogen-bond acceptors (Lipinski definition) is 3. The van der Waals surface area contributed by atoms with E-state index >= 15 is 0 Å². The molecule has 1 aliphatic rings. The topological polar surface area (TPSA) is 30.5 Å². The summed E-state index contributed by atoms with van der Waals surface area (Å²) in [4.78, 5) is 0. The zero-order chi connectivity index (χ0) is 13.1. The second kappa shape index (κ2) is 5.06. The van der Waals surface area contributed by atoms with Crippen molar-refractivity contribution in [3.63, 3.8) is 0 Å². The fourth-order valence-electron chi connectivity index (χ4n) is 1.97. The van der Waals surface area contributed by atoms with Gasteiger partial charge in [-0.1, -0.05) is 30.4 Å². The normalized spacial score (nSPS) is 12.9. The molecule has 0 unspecified atom stereocenters. The van der Waals surface area contributed by atoms with Gasteiger partial charge in [0.05, 0.1) is 0 Å². The van der Waals surface area contributed by atoms with Gasteiger partial charge in [-0.2, -0.15) is 0 Å². The van der Waals surface area contributed by atoms with E-state index in [0.717, 1.165) is 28.3 Å². The van der Waals surface area contributed by atoms with Crippen molar-refractivity contribution in [3.8, 4) is 11.5 Å². The summed E-state index contributed by atoms with van der Waals surface area (Å²) in [5.41, 5.74) is 3.37. The summed E-state index contributed by atoms with van der Waals surface area (Å²) in [6.07, 6.45) is 4.15. The van der Waals surface area contributed by atoms with E-state index in [9.17, 15) is 0 Å². The van der Waals surface area contributed by atoms with Gasteiger partial charge in [-0.3, -0.25) is 0 Å². The third-order valence-electron chi connectivity index (χ3n) is 3.06. The monoisotopic (exact) mass is 253 g/mol. The average molecular weight is 253 g/mol. The van der Waals surface area contributed by atoms with Crippen LogP contribution in [-0.4, -0.2) is 13.8 Å². The SMILES string of the molecule is CNc1ccc(/C=C/c2ccc3c(c2)OCO3)cc1. The molecule has 96 valence electrons. The molecular formula is C16H15NO2. The maximum Gasteiger partial charge on any atom is 0.231 e. The lowest BCUT2D eigenvalue weighted by atomic mass is 10.1. The van der Waals surface area contributed by atoms with E-state index in [1.54, 1.807) is 0 Å². The molecule has 3 heteroatoms. The number of ether oxygens (including phenoxy) is 2. The van der Waals surface area contributed by atoms with Gasteiger partial charge in [-0.15, -0.1) is 0 Å². The molecule has 1 heterocycles. The molecule has 1 aliphatic heterocycles. The van der Waals surface area contributed by atoms with Gasteiger partial charge in [0.1, 0.15) is 0 Å². The van der Waals surface area contributed by atoms with Crippen LogP contribution in [0.15, 0.2) is 42.5 Å². The van der Waals surface area contributed by atoms with Crippen LogP contribution in [0.25, 0.3) is 12.2 Å². The lowest BCUT2D eigenvalue weighted by Gasteiger charge is -2.00. The van der Waals surface area contributed by atoms with Crippen LogP contribution in [0.4, 0.5) is 5.69 Å². The summed E-state index contributed by atoms with van der Waals surface area (Å²) in [6, 6.07) is 14.2. The summed E-state index contributed by atoms with van der Waals surface area (Å²) < 4.78 is 10.6. The van der Waals surface area contributed by atoms with Crippen LogP contribution in [-0.2, 0) is 0 Å². The van der Waals surface area contributed by atoms with E-state index in [0.29, 0.717) is 6.79 Å². The van der Waals surface area contributed by atoms with E-state index < -0.39 is 0 Å².